The second kappa shape index (κ2) is 4.41. The number of hydrogen-bond donors (Lipinski definition) is 0. The Morgan fingerprint density at radius 1 is 1.20 bits per heavy atom. The van der Waals surface area contributed by atoms with Crippen LogP contribution in [0.25, 0.3) is 0 Å². The molecule has 6 heteroatoms. The summed E-state index contributed by atoms with van der Waals surface area (Å²) < 4.78 is 37.0. The van der Waals surface area contributed by atoms with Gasteiger partial charge in [-0.1, -0.05) is 29.3 Å². The van der Waals surface area contributed by atoms with Gasteiger partial charge >= 0.3 is 6.18 Å². The van der Waals surface area contributed by atoms with Gasteiger partial charge in [0.1, 0.15) is 12.2 Å². The summed E-state index contributed by atoms with van der Waals surface area (Å²) in [6, 6.07) is 3.39. The predicted octanol–water partition coefficient (Wildman–Crippen LogP) is 3.84. The molecule has 0 spiro atoms. The Balaban J connectivity index is 3.14. The molecule has 0 bridgehead atoms. The van der Waals surface area contributed by atoms with Crippen LogP contribution in [0.15, 0.2) is 18.2 Å². The highest BCUT2D eigenvalue weighted by atomic mass is 35.5. The summed E-state index contributed by atoms with van der Waals surface area (Å²) in [7, 11) is 0. The van der Waals surface area contributed by atoms with E-state index in [1.807, 2.05) is 0 Å². The Morgan fingerprint density at radius 3 is 2.20 bits per heavy atom. The number of alkyl halides is 3. The van der Waals surface area contributed by atoms with E-state index in [2.05, 4.69) is 0 Å². The lowest BCUT2D eigenvalue weighted by Crippen LogP contribution is -2.21. The average Bonchev–Trinajstić information content (AvgIpc) is 2.10. The highest BCUT2D eigenvalue weighted by Crippen LogP contribution is 2.35. The zero-order chi connectivity index (χ0) is 11.6. The van der Waals surface area contributed by atoms with Crippen LogP contribution in [-0.4, -0.2) is 12.5 Å². The maximum Gasteiger partial charge on any atom is 0.402 e. The summed E-state index contributed by atoms with van der Waals surface area (Å²) in [4.78, 5) is 10.4. The molecule has 1 nitrogen and oxygen atoms in total. The summed E-state index contributed by atoms with van der Waals surface area (Å²) in [5, 5.41) is 0.137. The fraction of sp³-hybridized carbons (Fsp3) is 0.222. The first-order chi connectivity index (χ1) is 6.86. The average molecular weight is 257 g/mol. The van der Waals surface area contributed by atoms with Crippen molar-refractivity contribution in [2.24, 2.45) is 0 Å². The summed E-state index contributed by atoms with van der Waals surface area (Å²) in [5.41, 5.74) is -0.216. The van der Waals surface area contributed by atoms with Crippen LogP contribution in [0.2, 0.25) is 10.0 Å². The first kappa shape index (κ1) is 12.3. The van der Waals surface area contributed by atoms with E-state index < -0.39 is 12.1 Å². The minimum atomic E-state index is -4.61. The van der Waals surface area contributed by atoms with Gasteiger partial charge in [0, 0.05) is 0 Å². The van der Waals surface area contributed by atoms with Crippen LogP contribution in [0.3, 0.4) is 0 Å². The minimum absolute atomic E-state index is 0.00901. The molecule has 0 radical (unpaired) electrons. The normalized spacial score (nSPS) is 13.7. The Labute approximate surface area is 93.8 Å². The molecule has 0 heterocycles. The van der Waals surface area contributed by atoms with E-state index in [1.54, 1.807) is 0 Å². The van der Waals surface area contributed by atoms with E-state index in [9.17, 15) is 18.0 Å². The standard InChI is InChI=1S/C9H5Cl2F3O/c10-7-2-1-5(3-8(7)11)6(4-15)9(12,13)14/h1-4,6H. The number of hydrogen-bond acceptors (Lipinski definition) is 1. The number of carbonyl (C=O) groups is 1. The van der Waals surface area contributed by atoms with Gasteiger partial charge in [-0.25, -0.2) is 0 Å². The maximum absolute atomic E-state index is 12.3. The highest BCUT2D eigenvalue weighted by Gasteiger charge is 2.40. The van der Waals surface area contributed by atoms with Crippen molar-refractivity contribution in [2.75, 3.05) is 0 Å². The molecular weight excluding hydrogens is 252 g/mol. The third-order valence-corrected chi connectivity index (χ3v) is 2.53. The lowest BCUT2D eigenvalue weighted by atomic mass is 10.0. The van der Waals surface area contributed by atoms with Crippen molar-refractivity contribution in [3.63, 3.8) is 0 Å². The van der Waals surface area contributed by atoms with E-state index in [4.69, 9.17) is 23.2 Å². The van der Waals surface area contributed by atoms with Crippen LogP contribution in [0.1, 0.15) is 11.5 Å². The molecule has 1 unspecified atom stereocenters. The summed E-state index contributed by atoms with van der Waals surface area (Å²) in [6.07, 6.45) is -4.78. The highest BCUT2D eigenvalue weighted by molar-refractivity contribution is 6.42. The van der Waals surface area contributed by atoms with Gasteiger partial charge in [-0.3, -0.25) is 0 Å². The van der Waals surface area contributed by atoms with Crippen LogP contribution < -0.4 is 0 Å². The van der Waals surface area contributed by atoms with Gasteiger partial charge in [0.2, 0.25) is 0 Å². The molecule has 1 aromatic carbocycles. The summed E-state index contributed by atoms with van der Waals surface area (Å²) >= 11 is 11.1. The lowest BCUT2D eigenvalue weighted by Gasteiger charge is -2.14. The predicted molar refractivity (Wildman–Crippen MR) is 51.3 cm³/mol. The third kappa shape index (κ3) is 2.86. The second-order valence-corrected chi connectivity index (χ2v) is 3.64. The summed E-state index contributed by atoms with van der Waals surface area (Å²) in [6.45, 7) is 0. The minimum Gasteiger partial charge on any atom is -0.302 e. The van der Waals surface area contributed by atoms with Gasteiger partial charge in [-0.05, 0) is 17.7 Å². The number of carbonyl (C=O) groups excluding carboxylic acids is 1. The molecule has 82 valence electrons. The van der Waals surface area contributed by atoms with Crippen molar-refractivity contribution in [3.05, 3.63) is 33.8 Å². The van der Waals surface area contributed by atoms with Gasteiger partial charge in [0.05, 0.1) is 10.0 Å². The lowest BCUT2D eigenvalue weighted by molar-refractivity contribution is -0.155. The van der Waals surface area contributed by atoms with Crippen molar-refractivity contribution in [2.45, 2.75) is 12.1 Å². The first-order valence-electron chi connectivity index (χ1n) is 3.83. The molecular formula is C9H5Cl2F3O. The van der Waals surface area contributed by atoms with Crippen LogP contribution in [0.4, 0.5) is 13.2 Å². The molecule has 0 amide bonds. The zero-order valence-electron chi connectivity index (χ0n) is 7.18. The van der Waals surface area contributed by atoms with Crippen LogP contribution in [0.5, 0.6) is 0 Å². The maximum atomic E-state index is 12.3. The van der Waals surface area contributed by atoms with Gasteiger partial charge in [-0.2, -0.15) is 13.2 Å². The van der Waals surface area contributed by atoms with Crippen molar-refractivity contribution in [3.8, 4) is 0 Å². The van der Waals surface area contributed by atoms with Gasteiger partial charge in [-0.15, -0.1) is 0 Å². The van der Waals surface area contributed by atoms with Gasteiger partial charge in [0.15, 0.2) is 0 Å². The fourth-order valence-corrected chi connectivity index (χ4v) is 1.36. The van der Waals surface area contributed by atoms with Crippen molar-refractivity contribution in [1.29, 1.82) is 0 Å². The second-order valence-electron chi connectivity index (χ2n) is 2.83. The molecule has 0 aliphatic heterocycles. The Kier molecular flexibility index (Phi) is 3.62. The molecule has 0 aromatic heterocycles. The number of halogens is 5. The molecule has 0 aliphatic carbocycles. The van der Waals surface area contributed by atoms with Crippen LogP contribution in [0, 0.1) is 0 Å². The van der Waals surface area contributed by atoms with Crippen LogP contribution >= 0.6 is 23.2 Å². The van der Waals surface area contributed by atoms with E-state index >= 15 is 0 Å². The number of rotatable bonds is 2. The molecule has 0 aliphatic rings. The molecule has 0 saturated heterocycles. The largest absolute Gasteiger partial charge is 0.402 e. The molecule has 1 rings (SSSR count). The van der Waals surface area contributed by atoms with Crippen LogP contribution in [-0.2, 0) is 4.79 Å². The van der Waals surface area contributed by atoms with Crippen molar-refractivity contribution >= 4 is 29.5 Å². The number of aldehydes is 1. The monoisotopic (exact) mass is 256 g/mol. The molecule has 0 fully saturated rings. The van der Waals surface area contributed by atoms with Gasteiger partial charge in [0.25, 0.3) is 0 Å². The molecule has 1 aromatic rings. The van der Waals surface area contributed by atoms with E-state index in [1.165, 1.54) is 6.07 Å². The molecule has 15 heavy (non-hydrogen) atoms. The molecule has 0 saturated carbocycles. The topological polar surface area (TPSA) is 17.1 Å². The zero-order valence-corrected chi connectivity index (χ0v) is 8.70. The van der Waals surface area contributed by atoms with Gasteiger partial charge < -0.3 is 4.79 Å². The van der Waals surface area contributed by atoms with E-state index in [0.717, 1.165) is 12.1 Å². The molecule has 0 N–H and O–H groups in total. The Hall–Kier alpha value is -0.740. The summed E-state index contributed by atoms with van der Waals surface area (Å²) in [5.74, 6) is -2.16. The van der Waals surface area contributed by atoms with Crippen molar-refractivity contribution < 1.29 is 18.0 Å². The Bertz CT molecular complexity index is 376. The third-order valence-electron chi connectivity index (χ3n) is 1.79. The van der Waals surface area contributed by atoms with E-state index in [-0.39, 0.29) is 21.9 Å². The first-order valence-corrected chi connectivity index (χ1v) is 4.59. The SMILES string of the molecule is O=CC(c1ccc(Cl)c(Cl)c1)C(F)(F)F. The van der Waals surface area contributed by atoms with E-state index in [0.29, 0.717) is 0 Å². The quantitative estimate of drug-likeness (QED) is 0.735. The fourth-order valence-electron chi connectivity index (χ4n) is 1.05. The number of benzene rings is 1. The smallest absolute Gasteiger partial charge is 0.302 e. The molecule has 1 atom stereocenters. The Morgan fingerprint density at radius 2 is 1.80 bits per heavy atom. The van der Waals surface area contributed by atoms with Crippen molar-refractivity contribution in [1.82, 2.24) is 0 Å².